The molecule has 1 amide bonds. The number of anilines is 1. The number of carbonyl (C=O) groups is 1. The summed E-state index contributed by atoms with van der Waals surface area (Å²) in [5.41, 5.74) is 0.494. The predicted molar refractivity (Wildman–Crippen MR) is 86.2 cm³/mol. The lowest BCUT2D eigenvalue weighted by Crippen LogP contribution is -2.44. The van der Waals surface area contributed by atoms with Crippen LogP contribution in [-0.4, -0.2) is 15.0 Å². The van der Waals surface area contributed by atoms with Crippen molar-refractivity contribution in [1.82, 2.24) is 9.13 Å². The first-order chi connectivity index (χ1) is 10.4. The van der Waals surface area contributed by atoms with E-state index in [0.29, 0.717) is 5.56 Å². The van der Waals surface area contributed by atoms with Gasteiger partial charge in [-0.05, 0) is 17.7 Å². The normalized spacial score (nSPS) is 17.0. The Morgan fingerprint density at radius 2 is 1.73 bits per heavy atom. The van der Waals surface area contributed by atoms with Crippen LogP contribution in [0.2, 0.25) is 0 Å². The maximum atomic E-state index is 12.5. The average Bonchev–Trinajstić information content (AvgIpc) is 2.50. The molecule has 0 unspecified atom stereocenters. The summed E-state index contributed by atoms with van der Waals surface area (Å²) in [5.74, 6) is -0.275. The van der Waals surface area contributed by atoms with Crippen molar-refractivity contribution >= 4 is 27.7 Å². The lowest BCUT2D eigenvalue weighted by molar-refractivity contribution is -0.116. The minimum atomic E-state index is -0.458. The van der Waals surface area contributed by atoms with Gasteiger partial charge in [-0.15, -0.1) is 0 Å². The van der Waals surface area contributed by atoms with Crippen LogP contribution in [0.5, 0.6) is 0 Å². The van der Waals surface area contributed by atoms with Crippen molar-refractivity contribution in [3.8, 4) is 0 Å². The molecule has 2 aromatic rings. The molecule has 0 saturated heterocycles. The first-order valence-corrected chi connectivity index (χ1v) is 7.54. The van der Waals surface area contributed by atoms with Gasteiger partial charge in [-0.3, -0.25) is 18.7 Å². The van der Waals surface area contributed by atoms with Gasteiger partial charge in [0.15, 0.2) is 0 Å². The topological polar surface area (TPSA) is 73.1 Å². The molecular formula is C15H14BrN3O3. The van der Waals surface area contributed by atoms with Crippen molar-refractivity contribution in [3.05, 3.63) is 60.7 Å². The van der Waals surface area contributed by atoms with Crippen molar-refractivity contribution in [1.29, 1.82) is 0 Å². The molecule has 0 fully saturated rings. The van der Waals surface area contributed by atoms with Crippen LogP contribution in [0.4, 0.5) is 5.82 Å². The van der Waals surface area contributed by atoms with Crippen LogP contribution in [0.15, 0.2) is 38.3 Å². The van der Waals surface area contributed by atoms with Gasteiger partial charge >= 0.3 is 5.69 Å². The molecule has 2 heterocycles. The summed E-state index contributed by atoms with van der Waals surface area (Å²) in [7, 11) is 2.99. The number of benzene rings is 1. The summed E-state index contributed by atoms with van der Waals surface area (Å²) in [6.07, 6.45) is 0.183. The lowest BCUT2D eigenvalue weighted by atomic mass is 9.87. The second kappa shape index (κ2) is 5.24. The van der Waals surface area contributed by atoms with Crippen LogP contribution in [-0.2, 0) is 18.9 Å². The second-order valence-corrected chi connectivity index (χ2v) is 6.24. The molecule has 1 aromatic heterocycles. The zero-order valence-electron chi connectivity index (χ0n) is 12.1. The number of aromatic nitrogens is 2. The van der Waals surface area contributed by atoms with Crippen molar-refractivity contribution in [3.63, 3.8) is 0 Å². The van der Waals surface area contributed by atoms with Gasteiger partial charge in [0.25, 0.3) is 5.56 Å². The summed E-state index contributed by atoms with van der Waals surface area (Å²) in [5, 5.41) is 2.65. The van der Waals surface area contributed by atoms with E-state index in [4.69, 9.17) is 0 Å². The monoisotopic (exact) mass is 363 g/mol. The maximum Gasteiger partial charge on any atom is 0.332 e. The summed E-state index contributed by atoms with van der Waals surface area (Å²) in [6.45, 7) is 0. The van der Waals surface area contributed by atoms with E-state index in [1.165, 1.54) is 11.6 Å². The maximum absolute atomic E-state index is 12.5. The number of hydrogen-bond donors (Lipinski definition) is 1. The number of carbonyl (C=O) groups excluding carboxylic acids is 1. The molecule has 0 saturated carbocycles. The molecule has 0 bridgehead atoms. The Labute approximate surface area is 134 Å². The Balaban J connectivity index is 2.30. The van der Waals surface area contributed by atoms with Gasteiger partial charge in [-0.25, -0.2) is 4.79 Å². The minimum Gasteiger partial charge on any atom is -0.312 e. The number of nitrogens with one attached hydrogen (secondary N) is 1. The molecule has 0 radical (unpaired) electrons. The van der Waals surface area contributed by atoms with Gasteiger partial charge in [0.05, 0.1) is 5.56 Å². The smallest absolute Gasteiger partial charge is 0.312 e. The molecule has 1 aliphatic rings. The fourth-order valence-corrected chi connectivity index (χ4v) is 3.05. The number of nitrogens with zero attached hydrogens (tertiary/aromatic N) is 2. The fraction of sp³-hybridized carbons (Fsp3) is 0.267. The molecule has 1 N–H and O–H groups in total. The van der Waals surface area contributed by atoms with Crippen molar-refractivity contribution in [2.45, 2.75) is 12.3 Å². The van der Waals surface area contributed by atoms with E-state index >= 15 is 0 Å². The third-order valence-electron chi connectivity index (χ3n) is 3.97. The molecule has 114 valence electrons. The fourth-order valence-electron chi connectivity index (χ4n) is 2.79. The third-order valence-corrected chi connectivity index (χ3v) is 4.50. The minimum absolute atomic E-state index is 0.183. The van der Waals surface area contributed by atoms with Crippen molar-refractivity contribution in [2.75, 3.05) is 5.32 Å². The van der Waals surface area contributed by atoms with Crippen molar-refractivity contribution < 1.29 is 4.79 Å². The van der Waals surface area contributed by atoms with Crippen LogP contribution in [0.25, 0.3) is 0 Å². The van der Waals surface area contributed by atoms with Gasteiger partial charge in [-0.1, -0.05) is 28.1 Å². The number of amides is 1. The molecule has 7 heteroatoms. The SMILES string of the molecule is Cn1c2c(c(=O)n(C)c1=O)[C@H](c1ccc(Br)cc1)CC(=O)N2. The summed E-state index contributed by atoms with van der Waals surface area (Å²) in [4.78, 5) is 36.5. The molecule has 1 aromatic carbocycles. The summed E-state index contributed by atoms with van der Waals surface area (Å²) >= 11 is 3.37. The van der Waals surface area contributed by atoms with E-state index in [9.17, 15) is 14.4 Å². The standard InChI is InChI=1S/C15H14BrN3O3/c1-18-13-12(14(21)19(2)15(18)22)10(7-11(20)17-13)8-3-5-9(16)6-4-8/h3-6,10H,7H2,1-2H3,(H,17,20)/t10-/m0/s1. The molecule has 1 atom stereocenters. The van der Waals surface area contributed by atoms with E-state index in [2.05, 4.69) is 21.2 Å². The van der Waals surface area contributed by atoms with Gasteiger partial charge < -0.3 is 5.32 Å². The Morgan fingerprint density at radius 3 is 2.36 bits per heavy atom. The first kappa shape index (κ1) is 14.8. The van der Waals surface area contributed by atoms with Crippen LogP contribution < -0.4 is 16.6 Å². The van der Waals surface area contributed by atoms with Crippen LogP contribution in [0.1, 0.15) is 23.5 Å². The van der Waals surface area contributed by atoms with E-state index in [1.54, 1.807) is 7.05 Å². The number of rotatable bonds is 1. The Bertz CT molecular complexity index is 881. The highest BCUT2D eigenvalue weighted by Gasteiger charge is 2.32. The van der Waals surface area contributed by atoms with E-state index in [1.807, 2.05) is 24.3 Å². The average molecular weight is 364 g/mol. The number of fused-ring (bicyclic) bond motifs is 1. The van der Waals surface area contributed by atoms with E-state index < -0.39 is 5.69 Å². The Kier molecular flexibility index (Phi) is 3.52. The largest absolute Gasteiger partial charge is 0.332 e. The van der Waals surface area contributed by atoms with Crippen molar-refractivity contribution in [2.24, 2.45) is 14.1 Å². The highest BCUT2D eigenvalue weighted by atomic mass is 79.9. The second-order valence-electron chi connectivity index (χ2n) is 5.32. The van der Waals surface area contributed by atoms with Crippen LogP contribution >= 0.6 is 15.9 Å². The Hall–Kier alpha value is -2.15. The zero-order chi connectivity index (χ0) is 16.0. The Morgan fingerprint density at radius 1 is 1.09 bits per heavy atom. The van der Waals surface area contributed by atoms with Gasteiger partial charge in [0.1, 0.15) is 5.82 Å². The predicted octanol–water partition coefficient (Wildman–Crippen LogP) is 1.32. The van der Waals surface area contributed by atoms with Crippen LogP contribution in [0, 0.1) is 0 Å². The quantitative estimate of drug-likeness (QED) is 0.830. The molecule has 0 spiro atoms. The molecule has 3 rings (SSSR count). The first-order valence-electron chi connectivity index (χ1n) is 6.75. The summed E-state index contributed by atoms with van der Waals surface area (Å²) < 4.78 is 3.30. The van der Waals surface area contributed by atoms with Gasteiger partial charge in [0.2, 0.25) is 5.91 Å². The number of halogens is 1. The summed E-state index contributed by atoms with van der Waals surface area (Å²) in [6, 6.07) is 7.49. The molecule has 6 nitrogen and oxygen atoms in total. The van der Waals surface area contributed by atoms with Crippen LogP contribution in [0.3, 0.4) is 0 Å². The van der Waals surface area contributed by atoms with Gasteiger partial charge in [-0.2, -0.15) is 0 Å². The molecule has 22 heavy (non-hydrogen) atoms. The third kappa shape index (κ3) is 2.21. The van der Waals surface area contributed by atoms with E-state index in [0.717, 1.165) is 14.6 Å². The highest BCUT2D eigenvalue weighted by Crippen LogP contribution is 2.34. The van der Waals surface area contributed by atoms with E-state index in [-0.39, 0.29) is 29.6 Å². The molecule has 0 aliphatic carbocycles. The highest BCUT2D eigenvalue weighted by molar-refractivity contribution is 9.10. The molecular weight excluding hydrogens is 350 g/mol. The number of hydrogen-bond acceptors (Lipinski definition) is 3. The lowest BCUT2D eigenvalue weighted by Gasteiger charge is -2.27. The zero-order valence-corrected chi connectivity index (χ0v) is 13.7. The molecule has 1 aliphatic heterocycles. The van der Waals surface area contributed by atoms with Gasteiger partial charge in [0, 0.05) is 30.9 Å².